The van der Waals surface area contributed by atoms with Gasteiger partial charge in [-0.25, -0.2) is 4.79 Å². The Balaban J connectivity index is 2.71. The summed E-state index contributed by atoms with van der Waals surface area (Å²) in [6, 6.07) is 7.48. The Morgan fingerprint density at radius 2 is 1.91 bits per heavy atom. The number of rotatable bonds is 7. The molecule has 7 heteroatoms. The molecular formula is C16H19N3O4. The van der Waals surface area contributed by atoms with Crippen LogP contribution in [0.5, 0.6) is 0 Å². The van der Waals surface area contributed by atoms with Crippen molar-refractivity contribution in [1.29, 1.82) is 5.26 Å². The van der Waals surface area contributed by atoms with Crippen LogP contribution in [0.3, 0.4) is 0 Å². The van der Waals surface area contributed by atoms with Crippen molar-refractivity contribution in [2.24, 2.45) is 0 Å². The molecule has 0 spiro atoms. The van der Waals surface area contributed by atoms with Gasteiger partial charge >= 0.3 is 5.97 Å². The first-order chi connectivity index (χ1) is 11.0. The molecule has 0 radical (unpaired) electrons. The molecular weight excluding hydrogens is 298 g/mol. The quantitative estimate of drug-likeness (QED) is 0.586. The summed E-state index contributed by atoms with van der Waals surface area (Å²) in [7, 11) is 1.24. The maximum atomic E-state index is 12.2. The lowest BCUT2D eigenvalue weighted by atomic mass is 10.1. The number of amides is 2. The van der Waals surface area contributed by atoms with E-state index in [1.165, 1.54) is 14.0 Å². The standard InChI is InChI=1S/C16H19N3O4/c1-11(20)18-13-8-6-12(7-9-13)15(21)19-14(16(22)23-2)5-3-4-10-17/h6-9,14H,3-5H2,1-2H3,(H,18,20)(H,19,21)/t14-/m1/s1. The second-order valence-corrected chi connectivity index (χ2v) is 4.86. The second-order valence-electron chi connectivity index (χ2n) is 4.86. The van der Waals surface area contributed by atoms with E-state index in [9.17, 15) is 14.4 Å². The zero-order valence-electron chi connectivity index (χ0n) is 13.1. The Morgan fingerprint density at radius 3 is 2.43 bits per heavy atom. The van der Waals surface area contributed by atoms with Crippen molar-refractivity contribution in [1.82, 2.24) is 5.32 Å². The Morgan fingerprint density at radius 1 is 1.26 bits per heavy atom. The highest BCUT2D eigenvalue weighted by Gasteiger charge is 2.21. The van der Waals surface area contributed by atoms with Crippen molar-refractivity contribution < 1.29 is 19.1 Å². The maximum absolute atomic E-state index is 12.2. The van der Waals surface area contributed by atoms with Gasteiger partial charge < -0.3 is 15.4 Å². The van der Waals surface area contributed by atoms with E-state index in [0.717, 1.165) is 0 Å². The lowest BCUT2D eigenvalue weighted by Gasteiger charge is -2.16. The fraction of sp³-hybridized carbons (Fsp3) is 0.375. The molecule has 0 aliphatic heterocycles. The molecule has 0 aliphatic carbocycles. The van der Waals surface area contributed by atoms with Crippen LogP contribution in [0.25, 0.3) is 0 Å². The Hall–Kier alpha value is -2.88. The number of carbonyl (C=O) groups excluding carboxylic acids is 3. The molecule has 0 saturated carbocycles. The third-order valence-electron chi connectivity index (χ3n) is 3.04. The predicted molar refractivity (Wildman–Crippen MR) is 83.5 cm³/mol. The zero-order valence-corrected chi connectivity index (χ0v) is 13.1. The Kier molecular flexibility index (Phi) is 7.27. The van der Waals surface area contributed by atoms with Crippen molar-refractivity contribution in [3.05, 3.63) is 29.8 Å². The lowest BCUT2D eigenvalue weighted by molar-refractivity contribution is -0.143. The monoisotopic (exact) mass is 317 g/mol. The van der Waals surface area contributed by atoms with Gasteiger partial charge in [0.15, 0.2) is 0 Å². The second kappa shape index (κ2) is 9.20. The molecule has 1 aromatic carbocycles. The number of methoxy groups -OCH3 is 1. The van der Waals surface area contributed by atoms with Gasteiger partial charge in [-0.05, 0) is 37.1 Å². The molecule has 0 fully saturated rings. The number of esters is 1. The molecule has 1 aromatic rings. The molecule has 1 rings (SSSR count). The number of benzene rings is 1. The molecule has 0 heterocycles. The average molecular weight is 317 g/mol. The third kappa shape index (κ3) is 6.18. The smallest absolute Gasteiger partial charge is 0.328 e. The van der Waals surface area contributed by atoms with Gasteiger partial charge in [-0.2, -0.15) is 5.26 Å². The highest BCUT2D eigenvalue weighted by atomic mass is 16.5. The van der Waals surface area contributed by atoms with Crippen molar-refractivity contribution >= 4 is 23.5 Å². The molecule has 0 bridgehead atoms. The molecule has 0 aromatic heterocycles. The number of nitrogens with one attached hydrogen (secondary N) is 2. The van der Waals surface area contributed by atoms with Crippen LogP contribution in [0.15, 0.2) is 24.3 Å². The lowest BCUT2D eigenvalue weighted by Crippen LogP contribution is -2.41. The van der Waals surface area contributed by atoms with E-state index in [0.29, 0.717) is 30.5 Å². The molecule has 0 saturated heterocycles. The van der Waals surface area contributed by atoms with E-state index in [1.807, 2.05) is 6.07 Å². The molecule has 0 aliphatic rings. The zero-order chi connectivity index (χ0) is 17.2. The Labute approximate surface area is 134 Å². The van der Waals surface area contributed by atoms with Gasteiger partial charge in [0, 0.05) is 24.6 Å². The highest BCUT2D eigenvalue weighted by Crippen LogP contribution is 2.10. The normalized spacial score (nSPS) is 11.0. The van der Waals surface area contributed by atoms with Gasteiger partial charge in [-0.3, -0.25) is 9.59 Å². The summed E-state index contributed by atoms with van der Waals surface area (Å²) >= 11 is 0. The molecule has 0 unspecified atom stereocenters. The number of nitriles is 1. The Bertz CT molecular complexity index is 605. The van der Waals surface area contributed by atoms with E-state index < -0.39 is 17.9 Å². The van der Waals surface area contributed by atoms with Gasteiger partial charge in [-0.1, -0.05) is 0 Å². The molecule has 7 nitrogen and oxygen atoms in total. The highest BCUT2D eigenvalue weighted by molar-refractivity contribution is 5.97. The number of unbranched alkanes of at least 4 members (excludes halogenated alkanes) is 1. The van der Waals surface area contributed by atoms with E-state index in [4.69, 9.17) is 5.26 Å². The van der Waals surface area contributed by atoms with Gasteiger partial charge in [0.25, 0.3) is 5.91 Å². The first-order valence-electron chi connectivity index (χ1n) is 7.11. The van der Waals surface area contributed by atoms with E-state index in [2.05, 4.69) is 15.4 Å². The topological polar surface area (TPSA) is 108 Å². The summed E-state index contributed by atoms with van der Waals surface area (Å²) in [5.41, 5.74) is 0.931. The summed E-state index contributed by atoms with van der Waals surface area (Å²) in [6.45, 7) is 1.39. The number of ether oxygens (including phenoxy) is 1. The number of hydrogen-bond acceptors (Lipinski definition) is 5. The first-order valence-corrected chi connectivity index (χ1v) is 7.11. The van der Waals surface area contributed by atoms with Crippen LogP contribution in [0, 0.1) is 11.3 Å². The van der Waals surface area contributed by atoms with Gasteiger partial charge in [0.1, 0.15) is 6.04 Å². The van der Waals surface area contributed by atoms with Crippen LogP contribution in [-0.4, -0.2) is 30.9 Å². The first kappa shape index (κ1) is 18.2. The molecule has 23 heavy (non-hydrogen) atoms. The molecule has 2 N–H and O–H groups in total. The van der Waals surface area contributed by atoms with Crippen LogP contribution >= 0.6 is 0 Å². The number of nitrogens with zero attached hydrogens (tertiary/aromatic N) is 1. The van der Waals surface area contributed by atoms with E-state index in [1.54, 1.807) is 24.3 Å². The fourth-order valence-corrected chi connectivity index (χ4v) is 1.93. The SMILES string of the molecule is COC(=O)[C@@H](CCCC#N)NC(=O)c1ccc(NC(C)=O)cc1. The number of hydrogen-bond donors (Lipinski definition) is 2. The summed E-state index contributed by atoms with van der Waals surface area (Å²) in [5, 5.41) is 13.7. The summed E-state index contributed by atoms with van der Waals surface area (Å²) in [6.07, 6.45) is 1.11. The fourth-order valence-electron chi connectivity index (χ4n) is 1.93. The van der Waals surface area contributed by atoms with Crippen molar-refractivity contribution in [2.45, 2.75) is 32.2 Å². The maximum Gasteiger partial charge on any atom is 0.328 e. The summed E-state index contributed by atoms with van der Waals surface area (Å²) in [4.78, 5) is 34.8. The van der Waals surface area contributed by atoms with Gasteiger partial charge in [0.2, 0.25) is 5.91 Å². The third-order valence-corrected chi connectivity index (χ3v) is 3.04. The van der Waals surface area contributed by atoms with Crippen molar-refractivity contribution in [3.8, 4) is 6.07 Å². The van der Waals surface area contributed by atoms with Crippen molar-refractivity contribution in [2.75, 3.05) is 12.4 Å². The van der Waals surface area contributed by atoms with E-state index in [-0.39, 0.29) is 5.91 Å². The molecule has 2 amide bonds. The summed E-state index contributed by atoms with van der Waals surface area (Å²) < 4.78 is 4.66. The predicted octanol–water partition coefficient (Wildman–Crippen LogP) is 1.61. The van der Waals surface area contributed by atoms with Crippen LogP contribution in [0.1, 0.15) is 36.5 Å². The molecule has 1 atom stereocenters. The minimum Gasteiger partial charge on any atom is -0.467 e. The van der Waals surface area contributed by atoms with Gasteiger partial charge in [-0.15, -0.1) is 0 Å². The minimum absolute atomic E-state index is 0.203. The van der Waals surface area contributed by atoms with Crippen molar-refractivity contribution in [3.63, 3.8) is 0 Å². The van der Waals surface area contributed by atoms with Crippen LogP contribution < -0.4 is 10.6 Å². The van der Waals surface area contributed by atoms with Crippen LogP contribution in [-0.2, 0) is 14.3 Å². The molecule has 122 valence electrons. The number of anilines is 1. The average Bonchev–Trinajstić information content (AvgIpc) is 2.53. The largest absolute Gasteiger partial charge is 0.467 e. The summed E-state index contributed by atoms with van der Waals surface area (Å²) in [5.74, 6) is -1.18. The van der Waals surface area contributed by atoms with Crippen LogP contribution in [0.2, 0.25) is 0 Å². The minimum atomic E-state index is -0.795. The van der Waals surface area contributed by atoms with Crippen LogP contribution in [0.4, 0.5) is 5.69 Å². The van der Waals surface area contributed by atoms with Gasteiger partial charge in [0.05, 0.1) is 13.2 Å². The number of carbonyl (C=O) groups is 3. The van der Waals surface area contributed by atoms with E-state index >= 15 is 0 Å².